The standard InChI is InChI=1S/C21H24N4S/c1-14-5-8-17(9-6-14)22-21(26)25-11-3-4-16(13-25)20-23-18-10-7-15(2)12-19(18)24-20/h5-10,12,16H,3-4,11,13H2,1-2H3,(H,22,26)(H,23,24). The normalized spacial score (nSPS) is 17.5. The van der Waals surface area contributed by atoms with Crippen LogP contribution in [0.2, 0.25) is 0 Å². The molecule has 2 heterocycles. The Morgan fingerprint density at radius 3 is 2.73 bits per heavy atom. The van der Waals surface area contributed by atoms with Gasteiger partial charge in [0.15, 0.2) is 5.11 Å². The molecule has 0 bridgehead atoms. The summed E-state index contributed by atoms with van der Waals surface area (Å²) in [6, 6.07) is 14.7. The monoisotopic (exact) mass is 364 g/mol. The van der Waals surface area contributed by atoms with Crippen molar-refractivity contribution in [1.82, 2.24) is 14.9 Å². The summed E-state index contributed by atoms with van der Waals surface area (Å²) in [6.07, 6.45) is 2.26. The van der Waals surface area contributed by atoms with E-state index >= 15 is 0 Å². The van der Waals surface area contributed by atoms with Crippen molar-refractivity contribution in [2.24, 2.45) is 0 Å². The summed E-state index contributed by atoms with van der Waals surface area (Å²) in [6.45, 7) is 6.09. The number of aromatic amines is 1. The first-order valence-electron chi connectivity index (χ1n) is 9.17. The van der Waals surface area contributed by atoms with Crippen molar-refractivity contribution >= 4 is 34.1 Å². The highest BCUT2D eigenvalue weighted by Gasteiger charge is 2.25. The van der Waals surface area contributed by atoms with Crippen molar-refractivity contribution < 1.29 is 0 Å². The molecule has 4 rings (SSSR count). The van der Waals surface area contributed by atoms with Crippen molar-refractivity contribution in [3.05, 3.63) is 59.4 Å². The van der Waals surface area contributed by atoms with E-state index < -0.39 is 0 Å². The summed E-state index contributed by atoms with van der Waals surface area (Å²) in [5, 5.41) is 4.17. The Hall–Kier alpha value is -2.40. The van der Waals surface area contributed by atoms with E-state index in [2.05, 4.69) is 71.5 Å². The molecule has 0 saturated carbocycles. The van der Waals surface area contributed by atoms with Crippen LogP contribution in [-0.2, 0) is 0 Å². The molecule has 2 aromatic carbocycles. The number of anilines is 1. The summed E-state index contributed by atoms with van der Waals surface area (Å²) in [5.41, 5.74) is 5.71. The fraction of sp³-hybridized carbons (Fsp3) is 0.333. The topological polar surface area (TPSA) is 44.0 Å². The number of thiocarbonyl (C=S) groups is 1. The minimum Gasteiger partial charge on any atom is -0.348 e. The van der Waals surface area contributed by atoms with Gasteiger partial charge in [-0.1, -0.05) is 23.8 Å². The fourth-order valence-corrected chi connectivity index (χ4v) is 3.84. The molecular weight excluding hydrogens is 340 g/mol. The Bertz CT molecular complexity index is 929. The summed E-state index contributed by atoms with van der Waals surface area (Å²) >= 11 is 5.66. The van der Waals surface area contributed by atoms with Crippen LogP contribution in [-0.4, -0.2) is 33.1 Å². The molecular formula is C21H24N4S. The van der Waals surface area contributed by atoms with Crippen LogP contribution < -0.4 is 5.32 Å². The quantitative estimate of drug-likeness (QED) is 0.644. The average molecular weight is 365 g/mol. The molecule has 26 heavy (non-hydrogen) atoms. The Morgan fingerprint density at radius 2 is 1.92 bits per heavy atom. The molecule has 1 aliphatic heterocycles. The highest BCUT2D eigenvalue weighted by atomic mass is 32.1. The third kappa shape index (κ3) is 3.58. The van der Waals surface area contributed by atoms with Crippen LogP contribution in [0.5, 0.6) is 0 Å². The number of hydrogen-bond donors (Lipinski definition) is 2. The van der Waals surface area contributed by atoms with Crippen LogP contribution in [0.3, 0.4) is 0 Å². The first-order valence-corrected chi connectivity index (χ1v) is 9.58. The molecule has 0 spiro atoms. The maximum atomic E-state index is 5.66. The van der Waals surface area contributed by atoms with Gasteiger partial charge in [0.1, 0.15) is 5.82 Å². The summed E-state index contributed by atoms with van der Waals surface area (Å²) in [5.74, 6) is 1.46. The number of benzene rings is 2. The smallest absolute Gasteiger partial charge is 0.173 e. The molecule has 1 aromatic heterocycles. The van der Waals surface area contributed by atoms with Gasteiger partial charge in [0.25, 0.3) is 0 Å². The molecule has 5 heteroatoms. The SMILES string of the molecule is Cc1ccc(NC(=S)N2CCCC(c3nc4ccc(C)cc4[nH]3)C2)cc1. The van der Waals surface area contributed by atoms with Crippen LogP contribution in [0.25, 0.3) is 11.0 Å². The molecule has 0 amide bonds. The lowest BCUT2D eigenvalue weighted by Gasteiger charge is -2.33. The number of hydrogen-bond acceptors (Lipinski definition) is 2. The maximum absolute atomic E-state index is 5.66. The second-order valence-electron chi connectivity index (χ2n) is 7.22. The number of likely N-dealkylation sites (tertiary alicyclic amines) is 1. The predicted octanol–water partition coefficient (Wildman–Crippen LogP) is 4.76. The molecule has 134 valence electrons. The van der Waals surface area contributed by atoms with E-state index in [1.54, 1.807) is 0 Å². The van der Waals surface area contributed by atoms with Crippen LogP contribution in [0.1, 0.15) is 35.7 Å². The number of nitrogens with one attached hydrogen (secondary N) is 2. The highest BCUT2D eigenvalue weighted by Crippen LogP contribution is 2.27. The second kappa shape index (κ2) is 7.08. The Labute approximate surface area is 159 Å². The minimum absolute atomic E-state index is 0.384. The number of aryl methyl sites for hydroxylation is 2. The molecule has 2 N–H and O–H groups in total. The van der Waals surface area contributed by atoms with Gasteiger partial charge in [-0.2, -0.15) is 0 Å². The molecule has 1 atom stereocenters. The predicted molar refractivity (Wildman–Crippen MR) is 112 cm³/mol. The van der Waals surface area contributed by atoms with Crippen molar-refractivity contribution in [3.63, 3.8) is 0 Å². The van der Waals surface area contributed by atoms with Crippen molar-refractivity contribution in [3.8, 4) is 0 Å². The lowest BCUT2D eigenvalue weighted by atomic mass is 9.98. The van der Waals surface area contributed by atoms with Crippen LogP contribution in [0.15, 0.2) is 42.5 Å². The molecule has 1 aliphatic rings. The molecule has 3 aromatic rings. The highest BCUT2D eigenvalue weighted by molar-refractivity contribution is 7.80. The van der Waals surface area contributed by atoms with Crippen molar-refractivity contribution in [2.45, 2.75) is 32.6 Å². The number of rotatable bonds is 2. The number of piperidine rings is 1. The molecule has 0 aliphatic carbocycles. The molecule has 4 nitrogen and oxygen atoms in total. The van der Waals surface area contributed by atoms with Gasteiger partial charge >= 0.3 is 0 Å². The van der Waals surface area contributed by atoms with E-state index in [4.69, 9.17) is 17.2 Å². The number of fused-ring (bicyclic) bond motifs is 1. The third-order valence-electron chi connectivity index (χ3n) is 5.05. The Morgan fingerprint density at radius 1 is 1.15 bits per heavy atom. The van der Waals surface area contributed by atoms with E-state index in [1.165, 1.54) is 11.1 Å². The van der Waals surface area contributed by atoms with E-state index in [-0.39, 0.29) is 0 Å². The molecule has 1 unspecified atom stereocenters. The second-order valence-corrected chi connectivity index (χ2v) is 7.61. The van der Waals surface area contributed by atoms with Gasteiger partial charge in [-0.25, -0.2) is 4.98 Å². The van der Waals surface area contributed by atoms with Crippen molar-refractivity contribution in [1.29, 1.82) is 0 Å². The minimum atomic E-state index is 0.384. The van der Waals surface area contributed by atoms with Gasteiger partial charge in [-0.3, -0.25) is 0 Å². The molecule has 0 radical (unpaired) electrons. The van der Waals surface area contributed by atoms with E-state index in [0.29, 0.717) is 5.92 Å². The van der Waals surface area contributed by atoms with Gasteiger partial charge in [0, 0.05) is 24.7 Å². The fourth-order valence-electron chi connectivity index (χ4n) is 3.56. The van der Waals surface area contributed by atoms with Crippen LogP contribution in [0.4, 0.5) is 5.69 Å². The summed E-state index contributed by atoms with van der Waals surface area (Å²) in [7, 11) is 0. The van der Waals surface area contributed by atoms with Gasteiger partial charge in [0.05, 0.1) is 11.0 Å². The summed E-state index contributed by atoms with van der Waals surface area (Å²) < 4.78 is 0. The Kier molecular flexibility index (Phi) is 4.64. The number of H-pyrrole nitrogens is 1. The largest absolute Gasteiger partial charge is 0.348 e. The zero-order valence-corrected chi connectivity index (χ0v) is 16.1. The van der Waals surface area contributed by atoms with Gasteiger partial charge < -0.3 is 15.2 Å². The van der Waals surface area contributed by atoms with Crippen LogP contribution >= 0.6 is 12.2 Å². The first-order chi connectivity index (χ1) is 12.6. The number of nitrogens with zero attached hydrogens (tertiary/aromatic N) is 2. The first kappa shape index (κ1) is 17.0. The lowest BCUT2D eigenvalue weighted by molar-refractivity contribution is 0.307. The van der Waals surface area contributed by atoms with E-state index in [1.807, 2.05) is 0 Å². The van der Waals surface area contributed by atoms with Crippen molar-refractivity contribution in [2.75, 3.05) is 18.4 Å². The molecule has 1 fully saturated rings. The zero-order valence-electron chi connectivity index (χ0n) is 15.2. The zero-order chi connectivity index (χ0) is 18.1. The number of imidazole rings is 1. The Balaban J connectivity index is 1.47. The van der Waals surface area contributed by atoms with Gasteiger partial charge in [-0.15, -0.1) is 0 Å². The summed E-state index contributed by atoms with van der Waals surface area (Å²) in [4.78, 5) is 10.6. The average Bonchev–Trinajstić information content (AvgIpc) is 3.07. The van der Waals surface area contributed by atoms with E-state index in [0.717, 1.165) is 53.6 Å². The number of aromatic nitrogens is 2. The van der Waals surface area contributed by atoms with Crippen LogP contribution in [0, 0.1) is 13.8 Å². The van der Waals surface area contributed by atoms with Gasteiger partial charge in [0.2, 0.25) is 0 Å². The molecule has 1 saturated heterocycles. The van der Waals surface area contributed by atoms with E-state index in [9.17, 15) is 0 Å². The third-order valence-corrected chi connectivity index (χ3v) is 5.41. The van der Waals surface area contributed by atoms with Gasteiger partial charge in [-0.05, 0) is 68.7 Å². The lowest BCUT2D eigenvalue weighted by Crippen LogP contribution is -2.41. The maximum Gasteiger partial charge on any atom is 0.173 e.